The topological polar surface area (TPSA) is 86.4 Å². The van der Waals surface area contributed by atoms with Crippen LogP contribution in [0.5, 0.6) is 0 Å². The van der Waals surface area contributed by atoms with Crippen molar-refractivity contribution < 1.29 is 9.59 Å². The highest BCUT2D eigenvalue weighted by Gasteiger charge is 2.22. The second-order valence-electron chi connectivity index (χ2n) is 7.99. The van der Waals surface area contributed by atoms with Crippen LogP contribution in [0.3, 0.4) is 0 Å². The van der Waals surface area contributed by atoms with Crippen molar-refractivity contribution in [1.29, 1.82) is 0 Å². The number of hydrogen-bond donors (Lipinski definition) is 3. The molecule has 32 heavy (non-hydrogen) atoms. The first-order valence-corrected chi connectivity index (χ1v) is 11.6. The van der Waals surface area contributed by atoms with Crippen LogP contribution in [0.4, 0.5) is 15.6 Å². The molecule has 7 nitrogen and oxygen atoms in total. The number of aryl methyl sites for hydroxylation is 1. The fourth-order valence-electron chi connectivity index (χ4n) is 3.67. The van der Waals surface area contributed by atoms with Crippen LogP contribution in [-0.4, -0.2) is 41.0 Å². The van der Waals surface area contributed by atoms with Crippen LogP contribution in [0, 0.1) is 6.92 Å². The van der Waals surface area contributed by atoms with Gasteiger partial charge < -0.3 is 10.6 Å². The molecule has 1 aliphatic rings. The Morgan fingerprint density at radius 1 is 1.03 bits per heavy atom. The minimum Gasteiger partial charge on any atom is -0.348 e. The predicted octanol–water partition coefficient (Wildman–Crippen LogP) is 4.49. The standard InChI is InChI=1S/C24H27N5O2S/c1-17-7-9-19(10-8-17)26-23(31)28-24-27-21(16-32-24)22(30)25-20-11-13-29(14-12-20)15-18-5-3-2-4-6-18/h2-10,16,20H,11-15H2,1H3,(H,25,30)(H2,26,27,28,31). The number of nitrogens with one attached hydrogen (secondary N) is 3. The van der Waals surface area contributed by atoms with Gasteiger partial charge in [0.2, 0.25) is 0 Å². The molecule has 166 valence electrons. The largest absolute Gasteiger partial charge is 0.348 e. The molecule has 8 heteroatoms. The third kappa shape index (κ3) is 6.15. The van der Waals surface area contributed by atoms with Crippen molar-refractivity contribution in [3.05, 3.63) is 76.8 Å². The van der Waals surface area contributed by atoms with E-state index in [-0.39, 0.29) is 18.0 Å². The first kappa shape index (κ1) is 22.0. The highest BCUT2D eigenvalue weighted by Crippen LogP contribution is 2.18. The maximum Gasteiger partial charge on any atom is 0.325 e. The van der Waals surface area contributed by atoms with Crippen molar-refractivity contribution in [2.75, 3.05) is 23.7 Å². The molecule has 0 aliphatic carbocycles. The van der Waals surface area contributed by atoms with E-state index in [4.69, 9.17) is 0 Å². The van der Waals surface area contributed by atoms with Gasteiger partial charge >= 0.3 is 6.03 Å². The molecule has 3 amide bonds. The minimum absolute atomic E-state index is 0.137. The van der Waals surface area contributed by atoms with E-state index in [2.05, 4.69) is 50.1 Å². The molecule has 2 aromatic carbocycles. The number of carbonyl (C=O) groups excluding carboxylic acids is 2. The maximum absolute atomic E-state index is 12.6. The summed E-state index contributed by atoms with van der Waals surface area (Å²) in [6, 6.07) is 17.7. The fourth-order valence-corrected chi connectivity index (χ4v) is 4.35. The van der Waals surface area contributed by atoms with Gasteiger partial charge in [-0.2, -0.15) is 0 Å². The smallest absolute Gasteiger partial charge is 0.325 e. The SMILES string of the molecule is Cc1ccc(NC(=O)Nc2nc(C(=O)NC3CCN(Cc4ccccc4)CC3)cs2)cc1. The molecule has 0 spiro atoms. The van der Waals surface area contributed by atoms with E-state index in [1.54, 1.807) is 5.38 Å². The number of nitrogens with zero attached hydrogens (tertiary/aromatic N) is 2. The average Bonchev–Trinajstić information content (AvgIpc) is 3.26. The van der Waals surface area contributed by atoms with E-state index in [0.717, 1.165) is 38.0 Å². The predicted molar refractivity (Wildman–Crippen MR) is 128 cm³/mol. The van der Waals surface area contributed by atoms with Crippen molar-refractivity contribution in [2.24, 2.45) is 0 Å². The summed E-state index contributed by atoms with van der Waals surface area (Å²) in [6.07, 6.45) is 1.82. The molecule has 3 N–H and O–H groups in total. The molecular weight excluding hydrogens is 422 g/mol. The Balaban J connectivity index is 1.22. The van der Waals surface area contributed by atoms with Gasteiger partial charge in [0, 0.05) is 36.7 Å². The quantitative estimate of drug-likeness (QED) is 0.518. The summed E-state index contributed by atoms with van der Waals surface area (Å²) in [4.78, 5) is 31.4. The molecule has 0 saturated carbocycles. The van der Waals surface area contributed by atoms with Gasteiger partial charge in [-0.05, 0) is 37.5 Å². The van der Waals surface area contributed by atoms with Crippen molar-refractivity contribution in [2.45, 2.75) is 32.4 Å². The molecule has 0 atom stereocenters. The normalized spacial score (nSPS) is 14.7. The Kier molecular flexibility index (Phi) is 7.14. The number of amides is 3. The van der Waals surface area contributed by atoms with Crippen LogP contribution < -0.4 is 16.0 Å². The van der Waals surface area contributed by atoms with Gasteiger partial charge in [0.1, 0.15) is 5.69 Å². The highest BCUT2D eigenvalue weighted by molar-refractivity contribution is 7.14. The van der Waals surface area contributed by atoms with Gasteiger partial charge in [-0.15, -0.1) is 11.3 Å². The van der Waals surface area contributed by atoms with E-state index >= 15 is 0 Å². The van der Waals surface area contributed by atoms with Crippen LogP contribution in [0.15, 0.2) is 60.0 Å². The summed E-state index contributed by atoms with van der Waals surface area (Å²) in [7, 11) is 0. The third-order valence-corrected chi connectivity index (χ3v) is 6.20. The molecule has 3 aromatic rings. The summed E-state index contributed by atoms with van der Waals surface area (Å²) in [6.45, 7) is 4.82. The average molecular weight is 450 g/mol. The van der Waals surface area contributed by atoms with Crippen LogP contribution in [0.25, 0.3) is 0 Å². The zero-order chi connectivity index (χ0) is 22.3. The lowest BCUT2D eigenvalue weighted by Gasteiger charge is -2.32. The zero-order valence-corrected chi connectivity index (χ0v) is 18.8. The van der Waals surface area contributed by atoms with Crippen LogP contribution >= 0.6 is 11.3 Å². The Morgan fingerprint density at radius 3 is 2.47 bits per heavy atom. The summed E-state index contributed by atoms with van der Waals surface area (Å²) in [5.74, 6) is -0.199. The fraction of sp³-hybridized carbons (Fsp3) is 0.292. The Labute approximate surface area is 191 Å². The van der Waals surface area contributed by atoms with Gasteiger partial charge in [0.25, 0.3) is 5.91 Å². The summed E-state index contributed by atoms with van der Waals surface area (Å²) >= 11 is 1.23. The molecule has 0 radical (unpaired) electrons. The Bertz CT molecular complexity index is 1040. The lowest BCUT2D eigenvalue weighted by Crippen LogP contribution is -2.44. The summed E-state index contributed by atoms with van der Waals surface area (Å²) in [5, 5.41) is 10.6. The number of aromatic nitrogens is 1. The number of hydrogen-bond acceptors (Lipinski definition) is 5. The lowest BCUT2D eigenvalue weighted by atomic mass is 10.0. The zero-order valence-electron chi connectivity index (χ0n) is 18.0. The Morgan fingerprint density at radius 2 is 1.75 bits per heavy atom. The van der Waals surface area contributed by atoms with E-state index in [1.807, 2.05) is 37.3 Å². The van der Waals surface area contributed by atoms with Gasteiger partial charge in [-0.1, -0.05) is 48.0 Å². The third-order valence-electron chi connectivity index (χ3n) is 5.44. The Hall–Kier alpha value is -3.23. The van der Waals surface area contributed by atoms with Gasteiger partial charge in [0.15, 0.2) is 5.13 Å². The van der Waals surface area contributed by atoms with Gasteiger partial charge in [-0.3, -0.25) is 15.0 Å². The number of urea groups is 1. The van der Waals surface area contributed by atoms with Crippen molar-refractivity contribution in [3.63, 3.8) is 0 Å². The highest BCUT2D eigenvalue weighted by atomic mass is 32.1. The number of carbonyl (C=O) groups is 2. The molecule has 1 aromatic heterocycles. The maximum atomic E-state index is 12.6. The second kappa shape index (κ2) is 10.4. The molecule has 1 aliphatic heterocycles. The van der Waals surface area contributed by atoms with Crippen molar-refractivity contribution >= 4 is 34.1 Å². The van der Waals surface area contributed by atoms with Crippen LogP contribution in [-0.2, 0) is 6.54 Å². The van der Waals surface area contributed by atoms with Gasteiger partial charge in [-0.25, -0.2) is 9.78 Å². The number of benzene rings is 2. The number of anilines is 2. The van der Waals surface area contributed by atoms with Gasteiger partial charge in [0.05, 0.1) is 0 Å². The summed E-state index contributed by atoms with van der Waals surface area (Å²) in [5.41, 5.74) is 3.45. The minimum atomic E-state index is -0.388. The second-order valence-corrected chi connectivity index (χ2v) is 8.85. The molecule has 0 unspecified atom stereocenters. The van der Waals surface area contributed by atoms with E-state index in [9.17, 15) is 9.59 Å². The van der Waals surface area contributed by atoms with E-state index < -0.39 is 0 Å². The van der Waals surface area contributed by atoms with E-state index in [0.29, 0.717) is 16.5 Å². The molecule has 1 fully saturated rings. The molecular formula is C24H27N5O2S. The molecule has 1 saturated heterocycles. The van der Waals surface area contributed by atoms with Crippen LogP contribution in [0.2, 0.25) is 0 Å². The monoisotopic (exact) mass is 449 g/mol. The molecule has 4 rings (SSSR count). The molecule has 2 heterocycles. The number of thiazole rings is 1. The van der Waals surface area contributed by atoms with Crippen molar-refractivity contribution in [1.82, 2.24) is 15.2 Å². The number of likely N-dealkylation sites (tertiary alicyclic amines) is 1. The summed E-state index contributed by atoms with van der Waals surface area (Å²) < 4.78 is 0. The first-order chi connectivity index (χ1) is 15.5. The van der Waals surface area contributed by atoms with E-state index in [1.165, 1.54) is 16.9 Å². The lowest BCUT2D eigenvalue weighted by molar-refractivity contribution is 0.0904. The van der Waals surface area contributed by atoms with Crippen LogP contribution in [0.1, 0.15) is 34.5 Å². The number of piperidine rings is 1. The molecule has 0 bridgehead atoms. The first-order valence-electron chi connectivity index (χ1n) is 10.7. The number of rotatable bonds is 6. The van der Waals surface area contributed by atoms with Crippen molar-refractivity contribution in [3.8, 4) is 0 Å².